The van der Waals surface area contributed by atoms with Crippen LogP contribution in [0.15, 0.2) is 47.1 Å². The maximum atomic E-state index is 13.0. The summed E-state index contributed by atoms with van der Waals surface area (Å²) >= 11 is 0. The summed E-state index contributed by atoms with van der Waals surface area (Å²) in [5.41, 5.74) is -0.933. The molecule has 0 aliphatic carbocycles. The number of aromatic nitrogens is 3. The second-order valence-electron chi connectivity index (χ2n) is 5.56. The van der Waals surface area contributed by atoms with E-state index in [0.717, 1.165) is 12.1 Å². The van der Waals surface area contributed by atoms with Gasteiger partial charge in [-0.1, -0.05) is 17.3 Å². The molecule has 0 spiro atoms. The van der Waals surface area contributed by atoms with Gasteiger partial charge >= 0.3 is 6.18 Å². The van der Waals surface area contributed by atoms with Gasteiger partial charge in [-0.15, -0.1) is 0 Å². The van der Waals surface area contributed by atoms with Crippen molar-refractivity contribution in [2.24, 2.45) is 0 Å². The zero-order valence-electron chi connectivity index (χ0n) is 14.7. The maximum Gasteiger partial charge on any atom is 0.417 e. The molecular weight excluding hydrogens is 377 g/mol. The number of pyridine rings is 1. The Morgan fingerprint density at radius 2 is 2.00 bits per heavy atom. The predicted octanol–water partition coefficient (Wildman–Crippen LogP) is 3.48. The van der Waals surface area contributed by atoms with E-state index in [4.69, 9.17) is 9.26 Å². The number of nitrogens with zero attached hydrogens (tertiary/aromatic N) is 3. The predicted molar refractivity (Wildman–Crippen MR) is 91.3 cm³/mol. The van der Waals surface area contributed by atoms with E-state index in [-0.39, 0.29) is 18.3 Å². The second kappa shape index (κ2) is 8.07. The van der Waals surface area contributed by atoms with Crippen LogP contribution >= 0.6 is 0 Å². The number of halogens is 3. The SMILES string of the molecule is CCOc1ccc(-c2noc(CNC(=O)c3ccccc3C(F)(F)F)n2)cn1. The van der Waals surface area contributed by atoms with Gasteiger partial charge < -0.3 is 14.6 Å². The third-order valence-electron chi connectivity index (χ3n) is 3.63. The highest BCUT2D eigenvalue weighted by molar-refractivity contribution is 5.95. The molecule has 3 aromatic rings. The number of nitrogens with one attached hydrogen (secondary N) is 1. The average molecular weight is 392 g/mol. The van der Waals surface area contributed by atoms with Gasteiger partial charge in [-0.05, 0) is 25.1 Å². The first-order chi connectivity index (χ1) is 13.4. The number of benzene rings is 1. The Morgan fingerprint density at radius 1 is 1.21 bits per heavy atom. The van der Waals surface area contributed by atoms with Gasteiger partial charge in [0.15, 0.2) is 0 Å². The van der Waals surface area contributed by atoms with Crippen molar-refractivity contribution in [1.82, 2.24) is 20.4 Å². The molecule has 146 valence electrons. The van der Waals surface area contributed by atoms with Gasteiger partial charge in [-0.25, -0.2) is 4.98 Å². The van der Waals surface area contributed by atoms with E-state index in [1.54, 1.807) is 12.1 Å². The number of rotatable bonds is 6. The molecule has 1 aromatic carbocycles. The van der Waals surface area contributed by atoms with Crippen molar-refractivity contribution in [3.05, 3.63) is 59.6 Å². The summed E-state index contributed by atoms with van der Waals surface area (Å²) in [5, 5.41) is 6.12. The van der Waals surface area contributed by atoms with E-state index in [0.29, 0.717) is 18.1 Å². The molecule has 1 amide bonds. The molecule has 2 heterocycles. The average Bonchev–Trinajstić information content (AvgIpc) is 3.15. The Morgan fingerprint density at radius 3 is 2.68 bits per heavy atom. The topological polar surface area (TPSA) is 90.1 Å². The van der Waals surface area contributed by atoms with Crippen LogP contribution in [0.5, 0.6) is 5.88 Å². The molecule has 0 aliphatic rings. The zero-order valence-corrected chi connectivity index (χ0v) is 14.7. The van der Waals surface area contributed by atoms with E-state index >= 15 is 0 Å². The number of alkyl halides is 3. The summed E-state index contributed by atoms with van der Waals surface area (Å²) in [5.74, 6) is -0.168. The van der Waals surface area contributed by atoms with Crippen LogP contribution in [0.1, 0.15) is 28.7 Å². The molecule has 28 heavy (non-hydrogen) atoms. The zero-order chi connectivity index (χ0) is 20.1. The van der Waals surface area contributed by atoms with Gasteiger partial charge in [0.1, 0.15) is 0 Å². The first-order valence-electron chi connectivity index (χ1n) is 8.24. The first kappa shape index (κ1) is 19.3. The molecule has 2 aromatic heterocycles. The summed E-state index contributed by atoms with van der Waals surface area (Å²) in [6, 6.07) is 7.85. The van der Waals surface area contributed by atoms with Gasteiger partial charge in [0.2, 0.25) is 17.6 Å². The molecule has 0 saturated carbocycles. The van der Waals surface area contributed by atoms with Crippen LogP contribution < -0.4 is 10.1 Å². The number of ether oxygens (including phenoxy) is 1. The molecule has 0 fully saturated rings. The summed E-state index contributed by atoms with van der Waals surface area (Å²) in [4.78, 5) is 20.3. The smallest absolute Gasteiger partial charge is 0.417 e. The summed E-state index contributed by atoms with van der Waals surface area (Å²) < 4.78 is 49.3. The van der Waals surface area contributed by atoms with Crippen molar-refractivity contribution in [3.8, 4) is 17.3 Å². The van der Waals surface area contributed by atoms with Gasteiger partial charge in [0.25, 0.3) is 5.91 Å². The Labute approximate surface area is 157 Å². The maximum absolute atomic E-state index is 13.0. The van der Waals surface area contributed by atoms with Crippen LogP contribution in [0, 0.1) is 0 Å². The fraction of sp³-hybridized carbons (Fsp3) is 0.222. The number of carbonyl (C=O) groups excluding carboxylic acids is 1. The van der Waals surface area contributed by atoms with Gasteiger partial charge in [0.05, 0.1) is 24.3 Å². The molecule has 7 nitrogen and oxygen atoms in total. The fourth-order valence-electron chi connectivity index (χ4n) is 2.37. The highest BCUT2D eigenvalue weighted by Crippen LogP contribution is 2.31. The molecule has 0 atom stereocenters. The lowest BCUT2D eigenvalue weighted by atomic mass is 10.1. The third kappa shape index (κ3) is 4.45. The highest BCUT2D eigenvalue weighted by atomic mass is 19.4. The lowest BCUT2D eigenvalue weighted by Gasteiger charge is -2.11. The molecule has 1 N–H and O–H groups in total. The van der Waals surface area contributed by atoms with Gasteiger partial charge in [-0.3, -0.25) is 4.79 Å². The molecule has 0 saturated heterocycles. The van der Waals surface area contributed by atoms with Gasteiger partial charge in [0, 0.05) is 17.8 Å². The molecular formula is C18H15F3N4O3. The quantitative estimate of drug-likeness (QED) is 0.691. The van der Waals surface area contributed by atoms with E-state index in [2.05, 4.69) is 20.4 Å². The molecule has 3 rings (SSSR count). The summed E-state index contributed by atoms with van der Waals surface area (Å²) in [7, 11) is 0. The largest absolute Gasteiger partial charge is 0.478 e. The molecule has 0 bridgehead atoms. The minimum Gasteiger partial charge on any atom is -0.478 e. The lowest BCUT2D eigenvalue weighted by Crippen LogP contribution is -2.26. The minimum atomic E-state index is -4.63. The van der Waals surface area contributed by atoms with E-state index in [1.807, 2.05) is 6.92 Å². The number of amides is 1. The first-order valence-corrected chi connectivity index (χ1v) is 8.24. The van der Waals surface area contributed by atoms with Crippen LogP contribution in [-0.4, -0.2) is 27.6 Å². The molecule has 10 heteroatoms. The second-order valence-corrected chi connectivity index (χ2v) is 5.56. The Kier molecular flexibility index (Phi) is 5.57. The lowest BCUT2D eigenvalue weighted by molar-refractivity contribution is -0.137. The van der Waals surface area contributed by atoms with Crippen molar-refractivity contribution in [2.75, 3.05) is 6.61 Å². The monoisotopic (exact) mass is 392 g/mol. The van der Waals surface area contributed by atoms with Crippen molar-refractivity contribution in [2.45, 2.75) is 19.6 Å². The number of hydrogen-bond donors (Lipinski definition) is 1. The molecule has 0 unspecified atom stereocenters. The normalized spacial score (nSPS) is 11.3. The third-order valence-corrected chi connectivity index (χ3v) is 3.63. The Hall–Kier alpha value is -3.43. The summed E-state index contributed by atoms with van der Waals surface area (Å²) in [6.45, 7) is 2.10. The van der Waals surface area contributed by atoms with Crippen LogP contribution in [0.3, 0.4) is 0 Å². The van der Waals surface area contributed by atoms with E-state index in [9.17, 15) is 18.0 Å². The van der Waals surface area contributed by atoms with Crippen molar-refractivity contribution >= 4 is 5.91 Å². The highest BCUT2D eigenvalue weighted by Gasteiger charge is 2.34. The minimum absolute atomic E-state index is 0.0433. The van der Waals surface area contributed by atoms with Crippen LogP contribution in [0.4, 0.5) is 13.2 Å². The molecule has 0 radical (unpaired) electrons. The van der Waals surface area contributed by atoms with Gasteiger partial charge in [-0.2, -0.15) is 18.2 Å². The molecule has 0 aliphatic heterocycles. The Balaban J connectivity index is 1.67. The fourth-order valence-corrected chi connectivity index (χ4v) is 2.37. The Bertz CT molecular complexity index is 955. The number of hydrogen-bond acceptors (Lipinski definition) is 6. The van der Waals surface area contributed by atoms with Crippen LogP contribution in [0.25, 0.3) is 11.4 Å². The van der Waals surface area contributed by atoms with E-state index in [1.165, 1.54) is 18.3 Å². The summed E-state index contributed by atoms with van der Waals surface area (Å²) in [6.07, 6.45) is -3.13. The van der Waals surface area contributed by atoms with Crippen molar-refractivity contribution in [3.63, 3.8) is 0 Å². The standard InChI is InChI=1S/C18H15F3N4O3/c1-2-27-14-8-7-11(9-22-14)16-24-15(28-25-16)10-23-17(26)12-5-3-4-6-13(12)18(19,20)21/h3-9H,2,10H2,1H3,(H,23,26). The van der Waals surface area contributed by atoms with E-state index < -0.39 is 23.2 Å². The van der Waals surface area contributed by atoms with Crippen molar-refractivity contribution < 1.29 is 27.2 Å². The van der Waals surface area contributed by atoms with Crippen molar-refractivity contribution in [1.29, 1.82) is 0 Å². The number of carbonyl (C=O) groups is 1. The van der Waals surface area contributed by atoms with Crippen LogP contribution in [-0.2, 0) is 12.7 Å². The van der Waals surface area contributed by atoms with Crippen LogP contribution in [0.2, 0.25) is 0 Å².